The van der Waals surface area contributed by atoms with Crippen LogP contribution in [0.4, 0.5) is 0 Å². The van der Waals surface area contributed by atoms with Gasteiger partial charge in [-0.25, -0.2) is 0 Å². The van der Waals surface area contributed by atoms with Gasteiger partial charge in [-0.05, 0) is 34.2 Å². The predicted molar refractivity (Wildman–Crippen MR) is 64.6 cm³/mol. The zero-order valence-electron chi connectivity index (χ0n) is 10.8. The zero-order valence-corrected chi connectivity index (χ0v) is 10.8. The third-order valence-corrected chi connectivity index (χ3v) is 3.52. The summed E-state index contributed by atoms with van der Waals surface area (Å²) in [5.74, 6) is -0.692. The number of piperazine rings is 1. The Morgan fingerprint density at radius 1 is 1.44 bits per heavy atom. The Morgan fingerprint density at radius 3 is 2.56 bits per heavy atom. The highest BCUT2D eigenvalue weighted by molar-refractivity contribution is 5.66. The molecule has 4 heteroatoms. The molecule has 1 rings (SSSR count). The molecule has 0 amide bonds. The number of carbonyl (C=O) groups is 1. The molecule has 0 aromatic heterocycles. The quantitative estimate of drug-likeness (QED) is 0.787. The second kappa shape index (κ2) is 5.64. The van der Waals surface area contributed by atoms with Crippen molar-refractivity contribution < 1.29 is 9.90 Å². The lowest BCUT2D eigenvalue weighted by molar-refractivity contribution is -0.137. The Hall–Kier alpha value is -0.610. The van der Waals surface area contributed by atoms with Gasteiger partial charge in [-0.2, -0.15) is 0 Å². The van der Waals surface area contributed by atoms with Gasteiger partial charge in [0.15, 0.2) is 0 Å². The standard InChI is InChI=1S/C12H24N2O2/c1-9(2)14-8-11(5-6-12(15)16)13(4)7-10(14)3/h9-11H,5-8H2,1-4H3,(H,15,16). The summed E-state index contributed by atoms with van der Waals surface area (Å²) in [6.45, 7) is 8.67. The van der Waals surface area contributed by atoms with E-state index in [2.05, 4.69) is 37.6 Å². The number of aliphatic carboxylic acids is 1. The molecule has 1 N–H and O–H groups in total. The lowest BCUT2D eigenvalue weighted by atomic mass is 10.0. The highest BCUT2D eigenvalue weighted by atomic mass is 16.4. The minimum Gasteiger partial charge on any atom is -0.481 e. The van der Waals surface area contributed by atoms with E-state index in [-0.39, 0.29) is 6.42 Å². The van der Waals surface area contributed by atoms with E-state index in [0.717, 1.165) is 19.5 Å². The van der Waals surface area contributed by atoms with Crippen molar-refractivity contribution in [1.82, 2.24) is 9.80 Å². The molecule has 0 aromatic rings. The average Bonchev–Trinajstić information content (AvgIpc) is 2.15. The minimum atomic E-state index is -0.692. The van der Waals surface area contributed by atoms with Gasteiger partial charge in [0, 0.05) is 37.6 Å². The minimum absolute atomic E-state index is 0.273. The van der Waals surface area contributed by atoms with Crippen molar-refractivity contribution in [2.45, 2.75) is 51.7 Å². The Labute approximate surface area is 98.2 Å². The highest BCUT2D eigenvalue weighted by Crippen LogP contribution is 2.19. The zero-order chi connectivity index (χ0) is 12.3. The number of carboxylic acids is 1. The van der Waals surface area contributed by atoms with Crippen LogP contribution in [0.15, 0.2) is 0 Å². The van der Waals surface area contributed by atoms with E-state index >= 15 is 0 Å². The average molecular weight is 228 g/mol. The summed E-state index contributed by atoms with van der Waals surface area (Å²) < 4.78 is 0. The van der Waals surface area contributed by atoms with Crippen molar-refractivity contribution in [3.05, 3.63) is 0 Å². The molecule has 0 aromatic carbocycles. The van der Waals surface area contributed by atoms with Crippen molar-refractivity contribution in [1.29, 1.82) is 0 Å². The van der Waals surface area contributed by atoms with Gasteiger partial charge in [0.05, 0.1) is 0 Å². The van der Waals surface area contributed by atoms with Gasteiger partial charge >= 0.3 is 5.97 Å². The normalized spacial score (nSPS) is 28.6. The molecular formula is C12H24N2O2. The van der Waals surface area contributed by atoms with E-state index in [1.54, 1.807) is 0 Å². The molecule has 0 saturated carbocycles. The van der Waals surface area contributed by atoms with Gasteiger partial charge in [0.2, 0.25) is 0 Å². The number of carboxylic acid groups (broad SMARTS) is 1. The second-order valence-corrected chi connectivity index (χ2v) is 5.17. The lowest BCUT2D eigenvalue weighted by Crippen LogP contribution is -2.57. The highest BCUT2D eigenvalue weighted by Gasteiger charge is 2.30. The van der Waals surface area contributed by atoms with Crippen LogP contribution in [0.25, 0.3) is 0 Å². The SMILES string of the molecule is CC(C)N1CC(CCC(=O)O)N(C)CC1C. The molecule has 16 heavy (non-hydrogen) atoms. The van der Waals surface area contributed by atoms with Gasteiger partial charge in [0.25, 0.3) is 0 Å². The fourth-order valence-corrected chi connectivity index (χ4v) is 2.55. The monoisotopic (exact) mass is 228 g/mol. The van der Waals surface area contributed by atoms with Crippen LogP contribution in [0, 0.1) is 0 Å². The lowest BCUT2D eigenvalue weighted by Gasteiger charge is -2.45. The van der Waals surface area contributed by atoms with E-state index in [4.69, 9.17) is 5.11 Å². The fourth-order valence-electron chi connectivity index (χ4n) is 2.55. The number of likely N-dealkylation sites (N-methyl/N-ethyl adjacent to an activating group) is 1. The van der Waals surface area contributed by atoms with E-state index in [0.29, 0.717) is 18.1 Å². The summed E-state index contributed by atoms with van der Waals surface area (Å²) in [5.41, 5.74) is 0. The molecule has 0 aliphatic carbocycles. The Balaban J connectivity index is 2.53. The first kappa shape index (κ1) is 13.5. The molecule has 0 radical (unpaired) electrons. The number of nitrogens with zero attached hydrogens (tertiary/aromatic N) is 2. The van der Waals surface area contributed by atoms with Crippen LogP contribution in [0.5, 0.6) is 0 Å². The molecular weight excluding hydrogens is 204 g/mol. The molecule has 94 valence electrons. The van der Waals surface area contributed by atoms with Crippen LogP contribution in [-0.2, 0) is 4.79 Å². The molecule has 1 aliphatic heterocycles. The van der Waals surface area contributed by atoms with Crippen molar-refractivity contribution >= 4 is 5.97 Å². The van der Waals surface area contributed by atoms with Crippen molar-refractivity contribution in [3.8, 4) is 0 Å². The van der Waals surface area contributed by atoms with Gasteiger partial charge in [0.1, 0.15) is 0 Å². The van der Waals surface area contributed by atoms with E-state index in [1.807, 2.05) is 0 Å². The Morgan fingerprint density at radius 2 is 2.06 bits per heavy atom. The molecule has 2 unspecified atom stereocenters. The Bertz CT molecular complexity index is 243. The first-order chi connectivity index (χ1) is 7.41. The van der Waals surface area contributed by atoms with E-state index < -0.39 is 5.97 Å². The van der Waals surface area contributed by atoms with Gasteiger partial charge in [-0.3, -0.25) is 9.69 Å². The summed E-state index contributed by atoms with van der Waals surface area (Å²) in [6.07, 6.45) is 1.02. The summed E-state index contributed by atoms with van der Waals surface area (Å²) in [7, 11) is 2.10. The summed E-state index contributed by atoms with van der Waals surface area (Å²) in [5, 5.41) is 8.73. The largest absolute Gasteiger partial charge is 0.481 e. The smallest absolute Gasteiger partial charge is 0.303 e. The van der Waals surface area contributed by atoms with Crippen LogP contribution in [0.2, 0.25) is 0 Å². The predicted octanol–water partition coefficient (Wildman–Crippen LogP) is 1.26. The molecule has 1 fully saturated rings. The fraction of sp³-hybridized carbons (Fsp3) is 0.917. The first-order valence-electron chi connectivity index (χ1n) is 6.09. The van der Waals surface area contributed by atoms with E-state index in [9.17, 15) is 4.79 Å². The summed E-state index contributed by atoms with van der Waals surface area (Å²) in [4.78, 5) is 15.4. The van der Waals surface area contributed by atoms with Crippen molar-refractivity contribution in [2.75, 3.05) is 20.1 Å². The number of rotatable bonds is 4. The number of hydrogen-bond acceptors (Lipinski definition) is 3. The molecule has 0 bridgehead atoms. The third-order valence-electron chi connectivity index (χ3n) is 3.52. The molecule has 1 heterocycles. The van der Waals surface area contributed by atoms with Crippen molar-refractivity contribution in [3.63, 3.8) is 0 Å². The maximum absolute atomic E-state index is 10.6. The summed E-state index contributed by atoms with van der Waals surface area (Å²) in [6, 6.07) is 1.48. The molecule has 4 nitrogen and oxygen atoms in total. The van der Waals surface area contributed by atoms with Crippen molar-refractivity contribution in [2.24, 2.45) is 0 Å². The maximum Gasteiger partial charge on any atom is 0.303 e. The van der Waals surface area contributed by atoms with Crippen LogP contribution < -0.4 is 0 Å². The topological polar surface area (TPSA) is 43.8 Å². The number of hydrogen-bond donors (Lipinski definition) is 1. The Kier molecular flexibility index (Phi) is 4.74. The third kappa shape index (κ3) is 3.46. The van der Waals surface area contributed by atoms with Gasteiger partial charge in [-0.15, -0.1) is 0 Å². The first-order valence-corrected chi connectivity index (χ1v) is 6.09. The molecule has 1 aliphatic rings. The second-order valence-electron chi connectivity index (χ2n) is 5.17. The van der Waals surface area contributed by atoms with Gasteiger partial charge < -0.3 is 10.0 Å². The van der Waals surface area contributed by atoms with Crippen LogP contribution >= 0.6 is 0 Å². The summed E-state index contributed by atoms with van der Waals surface area (Å²) >= 11 is 0. The molecule has 0 spiro atoms. The van der Waals surface area contributed by atoms with Crippen LogP contribution in [-0.4, -0.2) is 59.1 Å². The van der Waals surface area contributed by atoms with Gasteiger partial charge in [-0.1, -0.05) is 0 Å². The van der Waals surface area contributed by atoms with Crippen LogP contribution in [0.1, 0.15) is 33.6 Å². The van der Waals surface area contributed by atoms with Crippen LogP contribution in [0.3, 0.4) is 0 Å². The molecule has 1 saturated heterocycles. The molecule has 2 atom stereocenters. The van der Waals surface area contributed by atoms with E-state index in [1.165, 1.54) is 0 Å². The maximum atomic E-state index is 10.6.